The standard InChI is InChI=1S/C12H20N2S/c13-12(10-11-14-8-9-15-11)6-4-2-1-3-5-7-12/h8-9H,1-7,10,13H2. The predicted molar refractivity (Wildman–Crippen MR) is 65.1 cm³/mol. The van der Waals surface area contributed by atoms with Crippen LogP contribution in [0.1, 0.15) is 50.0 Å². The molecule has 0 saturated heterocycles. The van der Waals surface area contributed by atoms with E-state index >= 15 is 0 Å². The fraction of sp³-hybridized carbons (Fsp3) is 0.750. The summed E-state index contributed by atoms with van der Waals surface area (Å²) in [4.78, 5) is 4.35. The van der Waals surface area contributed by atoms with Crippen LogP contribution in [0.25, 0.3) is 0 Å². The Hall–Kier alpha value is -0.410. The highest BCUT2D eigenvalue weighted by molar-refractivity contribution is 7.09. The molecule has 15 heavy (non-hydrogen) atoms. The first-order chi connectivity index (χ1) is 7.29. The molecule has 2 nitrogen and oxygen atoms in total. The summed E-state index contributed by atoms with van der Waals surface area (Å²) >= 11 is 1.74. The summed E-state index contributed by atoms with van der Waals surface area (Å²) in [5, 5.41) is 3.25. The Bertz CT molecular complexity index is 274. The highest BCUT2D eigenvalue weighted by atomic mass is 32.1. The summed E-state index contributed by atoms with van der Waals surface area (Å²) in [6.45, 7) is 0. The van der Waals surface area contributed by atoms with Crippen LogP contribution in [-0.2, 0) is 6.42 Å². The molecule has 0 aromatic carbocycles. The Balaban J connectivity index is 1.96. The van der Waals surface area contributed by atoms with Crippen molar-refractivity contribution in [3.05, 3.63) is 16.6 Å². The molecule has 3 heteroatoms. The molecule has 1 aromatic rings. The van der Waals surface area contributed by atoms with Gasteiger partial charge in [0, 0.05) is 23.5 Å². The molecule has 0 amide bonds. The van der Waals surface area contributed by atoms with E-state index in [1.165, 1.54) is 50.0 Å². The molecule has 1 heterocycles. The quantitative estimate of drug-likeness (QED) is 0.838. The smallest absolute Gasteiger partial charge is 0.0943 e. The van der Waals surface area contributed by atoms with E-state index in [1.807, 2.05) is 11.6 Å². The zero-order valence-electron chi connectivity index (χ0n) is 9.24. The molecule has 1 aromatic heterocycles. The molecule has 0 radical (unpaired) electrons. The first kappa shape index (κ1) is 11.1. The predicted octanol–water partition coefficient (Wildman–Crippen LogP) is 3.13. The van der Waals surface area contributed by atoms with E-state index in [9.17, 15) is 0 Å². The third-order valence-electron chi connectivity index (χ3n) is 3.34. The molecule has 0 spiro atoms. The second-order valence-corrected chi connectivity index (χ2v) is 5.71. The minimum absolute atomic E-state index is 0.0261. The van der Waals surface area contributed by atoms with Crippen LogP contribution in [0.4, 0.5) is 0 Å². The van der Waals surface area contributed by atoms with E-state index in [0.29, 0.717) is 0 Å². The van der Waals surface area contributed by atoms with Crippen molar-refractivity contribution >= 4 is 11.3 Å². The second kappa shape index (κ2) is 5.08. The van der Waals surface area contributed by atoms with E-state index in [4.69, 9.17) is 5.73 Å². The Kier molecular flexibility index (Phi) is 3.76. The van der Waals surface area contributed by atoms with E-state index in [-0.39, 0.29) is 5.54 Å². The van der Waals surface area contributed by atoms with Gasteiger partial charge in [-0.25, -0.2) is 4.98 Å². The summed E-state index contributed by atoms with van der Waals surface area (Å²) < 4.78 is 0. The van der Waals surface area contributed by atoms with Gasteiger partial charge in [0.2, 0.25) is 0 Å². The number of thiazole rings is 1. The maximum absolute atomic E-state index is 6.49. The fourth-order valence-electron chi connectivity index (χ4n) is 2.43. The van der Waals surface area contributed by atoms with E-state index in [0.717, 1.165) is 6.42 Å². The number of hydrogen-bond donors (Lipinski definition) is 1. The van der Waals surface area contributed by atoms with Crippen molar-refractivity contribution in [2.75, 3.05) is 0 Å². The summed E-state index contributed by atoms with van der Waals surface area (Å²) in [5.74, 6) is 0. The van der Waals surface area contributed by atoms with E-state index in [1.54, 1.807) is 11.3 Å². The van der Waals surface area contributed by atoms with Crippen molar-refractivity contribution in [2.45, 2.75) is 56.9 Å². The lowest BCUT2D eigenvalue weighted by Crippen LogP contribution is -2.42. The van der Waals surface area contributed by atoms with Gasteiger partial charge in [0.1, 0.15) is 0 Å². The van der Waals surface area contributed by atoms with Crippen molar-refractivity contribution < 1.29 is 0 Å². The fourth-order valence-corrected chi connectivity index (χ4v) is 3.20. The van der Waals surface area contributed by atoms with Crippen LogP contribution >= 0.6 is 11.3 Å². The number of rotatable bonds is 2. The van der Waals surface area contributed by atoms with Gasteiger partial charge in [0.05, 0.1) is 5.01 Å². The average molecular weight is 224 g/mol. The Morgan fingerprint density at radius 3 is 2.47 bits per heavy atom. The highest BCUT2D eigenvalue weighted by Crippen LogP contribution is 2.27. The van der Waals surface area contributed by atoms with Crippen LogP contribution in [0.15, 0.2) is 11.6 Å². The van der Waals surface area contributed by atoms with Crippen LogP contribution in [0.3, 0.4) is 0 Å². The van der Waals surface area contributed by atoms with Crippen LogP contribution in [0.5, 0.6) is 0 Å². The average Bonchev–Trinajstić information content (AvgIpc) is 2.65. The van der Waals surface area contributed by atoms with E-state index in [2.05, 4.69) is 4.98 Å². The number of nitrogens with two attached hydrogens (primary N) is 1. The van der Waals surface area contributed by atoms with Crippen LogP contribution < -0.4 is 5.73 Å². The SMILES string of the molecule is NC1(Cc2nccs2)CCCCCCC1. The monoisotopic (exact) mass is 224 g/mol. The van der Waals surface area contributed by atoms with Gasteiger partial charge in [-0.2, -0.15) is 0 Å². The van der Waals surface area contributed by atoms with Crippen molar-refractivity contribution in [3.63, 3.8) is 0 Å². The van der Waals surface area contributed by atoms with Crippen LogP contribution in [-0.4, -0.2) is 10.5 Å². The van der Waals surface area contributed by atoms with Gasteiger partial charge in [-0.15, -0.1) is 11.3 Å². The Morgan fingerprint density at radius 1 is 1.20 bits per heavy atom. The lowest BCUT2D eigenvalue weighted by Gasteiger charge is -2.30. The van der Waals surface area contributed by atoms with Gasteiger partial charge >= 0.3 is 0 Å². The number of aromatic nitrogens is 1. The summed E-state index contributed by atoms with van der Waals surface area (Å²) in [6.07, 6.45) is 11.9. The molecule has 0 bridgehead atoms. The molecule has 1 saturated carbocycles. The molecule has 0 aliphatic heterocycles. The zero-order chi connectivity index (χ0) is 10.6. The lowest BCUT2D eigenvalue weighted by molar-refractivity contribution is 0.314. The van der Waals surface area contributed by atoms with Crippen molar-refractivity contribution in [2.24, 2.45) is 5.73 Å². The third-order valence-corrected chi connectivity index (χ3v) is 4.12. The molecule has 84 valence electrons. The zero-order valence-corrected chi connectivity index (χ0v) is 10.1. The van der Waals surface area contributed by atoms with Gasteiger partial charge in [-0.1, -0.05) is 32.1 Å². The van der Waals surface area contributed by atoms with Crippen molar-refractivity contribution in [1.29, 1.82) is 0 Å². The Labute approximate surface area is 95.9 Å². The van der Waals surface area contributed by atoms with E-state index < -0.39 is 0 Å². The maximum atomic E-state index is 6.49. The van der Waals surface area contributed by atoms with Crippen LogP contribution in [0, 0.1) is 0 Å². The minimum atomic E-state index is 0.0261. The minimum Gasteiger partial charge on any atom is -0.325 e. The summed E-state index contributed by atoms with van der Waals surface area (Å²) in [5.41, 5.74) is 6.51. The molecule has 1 aliphatic rings. The second-order valence-electron chi connectivity index (χ2n) is 4.73. The molecule has 1 aliphatic carbocycles. The van der Waals surface area contributed by atoms with Gasteiger partial charge in [0.15, 0.2) is 0 Å². The molecular weight excluding hydrogens is 204 g/mol. The molecule has 0 unspecified atom stereocenters. The van der Waals surface area contributed by atoms with Crippen molar-refractivity contribution in [3.8, 4) is 0 Å². The van der Waals surface area contributed by atoms with Crippen molar-refractivity contribution in [1.82, 2.24) is 4.98 Å². The Morgan fingerprint density at radius 2 is 1.87 bits per heavy atom. The third kappa shape index (κ3) is 3.28. The maximum Gasteiger partial charge on any atom is 0.0943 e. The number of nitrogens with zero attached hydrogens (tertiary/aromatic N) is 1. The molecule has 0 atom stereocenters. The largest absolute Gasteiger partial charge is 0.325 e. The molecule has 2 rings (SSSR count). The molecule has 1 fully saturated rings. The lowest BCUT2D eigenvalue weighted by atomic mass is 9.82. The van der Waals surface area contributed by atoms with Gasteiger partial charge < -0.3 is 5.73 Å². The van der Waals surface area contributed by atoms with Gasteiger partial charge in [-0.05, 0) is 12.8 Å². The van der Waals surface area contributed by atoms with Gasteiger partial charge in [-0.3, -0.25) is 0 Å². The summed E-state index contributed by atoms with van der Waals surface area (Å²) in [7, 11) is 0. The number of hydrogen-bond acceptors (Lipinski definition) is 3. The first-order valence-electron chi connectivity index (χ1n) is 5.96. The molecular formula is C12H20N2S. The topological polar surface area (TPSA) is 38.9 Å². The highest BCUT2D eigenvalue weighted by Gasteiger charge is 2.26. The molecule has 2 N–H and O–H groups in total. The summed E-state index contributed by atoms with van der Waals surface area (Å²) in [6, 6.07) is 0. The van der Waals surface area contributed by atoms with Gasteiger partial charge in [0.25, 0.3) is 0 Å². The normalized spacial score (nSPS) is 21.9. The van der Waals surface area contributed by atoms with Crippen LogP contribution in [0.2, 0.25) is 0 Å². The first-order valence-corrected chi connectivity index (χ1v) is 6.84.